The van der Waals surface area contributed by atoms with Crippen LogP contribution in [0.4, 0.5) is 5.82 Å². The SMILES string of the molecule is Cc1cc(NC(=O)CSc2n[nH]c(C3CC3)n2)n(C)n1. The first-order chi connectivity index (χ1) is 9.61. The highest BCUT2D eigenvalue weighted by Gasteiger charge is 2.27. The summed E-state index contributed by atoms with van der Waals surface area (Å²) in [6.45, 7) is 1.89. The molecule has 0 saturated heterocycles. The fourth-order valence-electron chi connectivity index (χ4n) is 1.90. The number of nitrogens with one attached hydrogen (secondary N) is 2. The summed E-state index contributed by atoms with van der Waals surface area (Å²) in [5.74, 6) is 2.38. The summed E-state index contributed by atoms with van der Waals surface area (Å²) < 4.78 is 1.65. The molecule has 0 aromatic carbocycles. The van der Waals surface area contributed by atoms with Gasteiger partial charge in [-0.2, -0.15) is 5.10 Å². The highest BCUT2D eigenvalue weighted by molar-refractivity contribution is 7.99. The van der Waals surface area contributed by atoms with Gasteiger partial charge in [-0.3, -0.25) is 14.6 Å². The maximum atomic E-state index is 11.9. The Bertz CT molecular complexity index is 630. The second-order valence-corrected chi connectivity index (χ2v) is 5.85. The molecular formula is C12H16N6OS. The van der Waals surface area contributed by atoms with Crippen LogP contribution in [0.3, 0.4) is 0 Å². The summed E-state index contributed by atoms with van der Waals surface area (Å²) in [6, 6.07) is 1.83. The van der Waals surface area contributed by atoms with Crippen molar-refractivity contribution in [2.75, 3.05) is 11.1 Å². The third kappa shape index (κ3) is 3.01. The van der Waals surface area contributed by atoms with E-state index in [1.807, 2.05) is 13.0 Å². The normalized spacial score (nSPS) is 14.5. The van der Waals surface area contributed by atoms with Gasteiger partial charge in [-0.05, 0) is 19.8 Å². The number of thioether (sulfide) groups is 1. The summed E-state index contributed by atoms with van der Waals surface area (Å²) in [6.07, 6.45) is 2.36. The van der Waals surface area contributed by atoms with Gasteiger partial charge in [0, 0.05) is 19.0 Å². The van der Waals surface area contributed by atoms with E-state index >= 15 is 0 Å². The molecule has 1 fully saturated rings. The molecule has 0 atom stereocenters. The Balaban J connectivity index is 1.52. The number of carbonyl (C=O) groups is 1. The number of aryl methyl sites for hydroxylation is 2. The minimum Gasteiger partial charge on any atom is -0.310 e. The van der Waals surface area contributed by atoms with Crippen molar-refractivity contribution in [3.63, 3.8) is 0 Å². The Morgan fingerprint density at radius 3 is 3.05 bits per heavy atom. The first-order valence-electron chi connectivity index (χ1n) is 6.47. The van der Waals surface area contributed by atoms with Crippen molar-refractivity contribution in [2.24, 2.45) is 7.05 Å². The Kier molecular flexibility index (Phi) is 3.47. The van der Waals surface area contributed by atoms with E-state index in [2.05, 4.69) is 25.6 Å². The molecule has 2 aromatic rings. The van der Waals surface area contributed by atoms with Gasteiger partial charge in [0.05, 0.1) is 11.4 Å². The van der Waals surface area contributed by atoms with E-state index in [9.17, 15) is 4.79 Å². The lowest BCUT2D eigenvalue weighted by molar-refractivity contribution is -0.113. The van der Waals surface area contributed by atoms with Crippen LogP contribution in [0.2, 0.25) is 0 Å². The number of hydrogen-bond donors (Lipinski definition) is 2. The lowest BCUT2D eigenvalue weighted by Crippen LogP contribution is -2.16. The van der Waals surface area contributed by atoms with Crippen molar-refractivity contribution >= 4 is 23.5 Å². The lowest BCUT2D eigenvalue weighted by atomic mass is 10.4. The Hall–Kier alpha value is -1.83. The first-order valence-corrected chi connectivity index (χ1v) is 7.46. The average molecular weight is 292 g/mol. The monoisotopic (exact) mass is 292 g/mol. The van der Waals surface area contributed by atoms with Crippen molar-refractivity contribution < 1.29 is 4.79 Å². The van der Waals surface area contributed by atoms with Gasteiger partial charge in [-0.1, -0.05) is 11.8 Å². The third-order valence-electron chi connectivity index (χ3n) is 3.05. The Labute approximate surface area is 120 Å². The topological polar surface area (TPSA) is 88.5 Å². The number of carbonyl (C=O) groups excluding carboxylic acids is 1. The molecule has 1 aliphatic rings. The molecule has 0 aliphatic heterocycles. The molecule has 0 unspecified atom stereocenters. The van der Waals surface area contributed by atoms with Gasteiger partial charge in [-0.15, -0.1) is 5.10 Å². The molecule has 0 radical (unpaired) electrons. The van der Waals surface area contributed by atoms with Crippen molar-refractivity contribution in [2.45, 2.75) is 30.8 Å². The number of amides is 1. The summed E-state index contributed by atoms with van der Waals surface area (Å²) >= 11 is 1.33. The van der Waals surface area contributed by atoms with Gasteiger partial charge in [0.15, 0.2) is 0 Å². The number of anilines is 1. The number of hydrogen-bond acceptors (Lipinski definition) is 5. The number of rotatable bonds is 5. The fraction of sp³-hybridized carbons (Fsp3) is 0.500. The zero-order chi connectivity index (χ0) is 14.1. The van der Waals surface area contributed by atoms with E-state index in [0.29, 0.717) is 16.9 Å². The Morgan fingerprint density at radius 2 is 2.40 bits per heavy atom. The number of H-pyrrole nitrogens is 1. The number of aromatic amines is 1. The summed E-state index contributed by atoms with van der Waals surface area (Å²) in [4.78, 5) is 16.2. The van der Waals surface area contributed by atoms with Crippen molar-refractivity contribution in [1.29, 1.82) is 0 Å². The standard InChI is InChI=1S/C12H16N6OS/c1-7-5-9(18(2)17-7)13-10(19)6-20-12-14-11(15-16-12)8-3-4-8/h5,8H,3-4,6H2,1-2H3,(H,13,19)(H,14,15,16). The van der Waals surface area contributed by atoms with Crippen LogP contribution >= 0.6 is 11.8 Å². The average Bonchev–Trinajstić information content (AvgIpc) is 3.06. The van der Waals surface area contributed by atoms with E-state index in [4.69, 9.17) is 0 Å². The molecular weight excluding hydrogens is 276 g/mol. The van der Waals surface area contributed by atoms with E-state index in [1.54, 1.807) is 11.7 Å². The summed E-state index contributed by atoms with van der Waals surface area (Å²) in [7, 11) is 1.80. The van der Waals surface area contributed by atoms with E-state index in [0.717, 1.165) is 11.5 Å². The van der Waals surface area contributed by atoms with E-state index in [1.165, 1.54) is 24.6 Å². The maximum Gasteiger partial charge on any atom is 0.235 e. The van der Waals surface area contributed by atoms with Gasteiger partial charge in [0.25, 0.3) is 0 Å². The molecule has 0 bridgehead atoms. The smallest absolute Gasteiger partial charge is 0.235 e. The van der Waals surface area contributed by atoms with Gasteiger partial charge in [0.2, 0.25) is 11.1 Å². The molecule has 2 N–H and O–H groups in total. The lowest BCUT2D eigenvalue weighted by Gasteiger charge is -2.03. The predicted molar refractivity (Wildman–Crippen MR) is 75.7 cm³/mol. The minimum absolute atomic E-state index is 0.0872. The van der Waals surface area contributed by atoms with Crippen LogP contribution in [0.25, 0.3) is 0 Å². The molecule has 2 heterocycles. The molecule has 1 amide bonds. The van der Waals surface area contributed by atoms with Crippen LogP contribution in [-0.2, 0) is 11.8 Å². The molecule has 0 spiro atoms. The quantitative estimate of drug-likeness (QED) is 0.814. The van der Waals surface area contributed by atoms with Gasteiger partial charge >= 0.3 is 0 Å². The van der Waals surface area contributed by atoms with Crippen LogP contribution in [0, 0.1) is 6.92 Å². The highest BCUT2D eigenvalue weighted by Crippen LogP contribution is 2.38. The largest absolute Gasteiger partial charge is 0.310 e. The molecule has 1 saturated carbocycles. The predicted octanol–water partition coefficient (Wildman–Crippen LogP) is 1.45. The van der Waals surface area contributed by atoms with Gasteiger partial charge in [-0.25, -0.2) is 4.98 Å². The fourth-order valence-corrected chi connectivity index (χ4v) is 2.50. The highest BCUT2D eigenvalue weighted by atomic mass is 32.2. The van der Waals surface area contributed by atoms with E-state index in [-0.39, 0.29) is 11.7 Å². The Morgan fingerprint density at radius 1 is 1.60 bits per heavy atom. The third-order valence-corrected chi connectivity index (χ3v) is 3.90. The molecule has 8 heteroatoms. The number of aromatic nitrogens is 5. The molecule has 106 valence electrons. The van der Waals surface area contributed by atoms with Crippen molar-refractivity contribution in [1.82, 2.24) is 25.0 Å². The zero-order valence-electron chi connectivity index (χ0n) is 11.4. The molecule has 2 aromatic heterocycles. The first kappa shape index (κ1) is 13.2. The molecule has 7 nitrogen and oxygen atoms in total. The zero-order valence-corrected chi connectivity index (χ0v) is 12.2. The van der Waals surface area contributed by atoms with Crippen LogP contribution < -0.4 is 5.32 Å². The van der Waals surface area contributed by atoms with Gasteiger partial charge < -0.3 is 5.32 Å². The van der Waals surface area contributed by atoms with Crippen LogP contribution in [0.1, 0.15) is 30.3 Å². The van der Waals surface area contributed by atoms with Crippen molar-refractivity contribution in [3.8, 4) is 0 Å². The summed E-state index contributed by atoms with van der Waals surface area (Å²) in [5.41, 5.74) is 0.874. The second kappa shape index (κ2) is 5.28. The summed E-state index contributed by atoms with van der Waals surface area (Å²) in [5, 5.41) is 14.7. The van der Waals surface area contributed by atoms with E-state index < -0.39 is 0 Å². The van der Waals surface area contributed by atoms with Crippen molar-refractivity contribution in [3.05, 3.63) is 17.6 Å². The molecule has 1 aliphatic carbocycles. The maximum absolute atomic E-state index is 11.9. The van der Waals surface area contributed by atoms with Crippen LogP contribution in [0.15, 0.2) is 11.2 Å². The minimum atomic E-state index is -0.0872. The van der Waals surface area contributed by atoms with Crippen LogP contribution in [0.5, 0.6) is 0 Å². The van der Waals surface area contributed by atoms with Crippen LogP contribution in [-0.4, -0.2) is 36.6 Å². The molecule has 3 rings (SSSR count). The number of nitrogens with zero attached hydrogens (tertiary/aromatic N) is 4. The second-order valence-electron chi connectivity index (χ2n) is 4.91. The van der Waals surface area contributed by atoms with Gasteiger partial charge in [0.1, 0.15) is 11.6 Å². The molecule has 20 heavy (non-hydrogen) atoms.